The number of thiophene rings is 1. The summed E-state index contributed by atoms with van der Waals surface area (Å²) in [6.07, 6.45) is 0. The van der Waals surface area contributed by atoms with Crippen LogP contribution in [-0.2, 0) is 16.6 Å². The quantitative estimate of drug-likeness (QED) is 0.509. The maximum atomic E-state index is 12.3. The third kappa shape index (κ3) is 4.06. The lowest BCUT2D eigenvalue weighted by Gasteiger charge is -2.28. The molecule has 2 aromatic heterocycles. The molecule has 9 heteroatoms. The van der Waals surface area contributed by atoms with Gasteiger partial charge in [-0.05, 0) is 35.7 Å². The molecule has 3 heterocycles. The minimum absolute atomic E-state index is 0.0899. The first-order chi connectivity index (χ1) is 13.6. The standard InChI is InChI=1S/C19H20N4O3S2/c1-22-18(25)15-6-11-27-17(15)21-19(22)28-12-16(24)20-13-2-4-14(5-3-13)23-7-9-26-10-8-23/h2-6,11H,7-10,12H2,1H3,(H,20,24). The fourth-order valence-electron chi connectivity index (χ4n) is 3.01. The highest BCUT2D eigenvalue weighted by molar-refractivity contribution is 7.99. The van der Waals surface area contributed by atoms with Gasteiger partial charge in [-0.25, -0.2) is 4.98 Å². The number of nitrogens with zero attached hydrogens (tertiary/aromatic N) is 3. The molecule has 0 atom stereocenters. The number of anilines is 2. The Labute approximate surface area is 170 Å². The number of fused-ring (bicyclic) bond motifs is 1. The van der Waals surface area contributed by atoms with Gasteiger partial charge in [-0.3, -0.25) is 14.2 Å². The second-order valence-corrected chi connectivity index (χ2v) is 8.22. The van der Waals surface area contributed by atoms with Crippen LogP contribution in [0.1, 0.15) is 0 Å². The van der Waals surface area contributed by atoms with Gasteiger partial charge in [0.05, 0.1) is 24.4 Å². The molecule has 1 amide bonds. The summed E-state index contributed by atoms with van der Waals surface area (Å²) in [5.74, 6) is 0.0483. The number of hydrogen-bond acceptors (Lipinski definition) is 7. The van der Waals surface area contributed by atoms with Crippen LogP contribution in [0.2, 0.25) is 0 Å². The highest BCUT2D eigenvalue weighted by atomic mass is 32.2. The lowest BCUT2D eigenvalue weighted by molar-refractivity contribution is -0.113. The molecular formula is C19H20N4O3S2. The first-order valence-electron chi connectivity index (χ1n) is 8.91. The first-order valence-corrected chi connectivity index (χ1v) is 10.8. The second kappa shape index (κ2) is 8.34. The van der Waals surface area contributed by atoms with Gasteiger partial charge in [-0.1, -0.05) is 11.8 Å². The van der Waals surface area contributed by atoms with E-state index in [1.54, 1.807) is 13.1 Å². The first kappa shape index (κ1) is 19.0. The van der Waals surface area contributed by atoms with Crippen molar-refractivity contribution in [2.75, 3.05) is 42.3 Å². The molecule has 4 rings (SSSR count). The van der Waals surface area contributed by atoms with E-state index in [0.717, 1.165) is 37.7 Å². The van der Waals surface area contributed by atoms with Crippen molar-refractivity contribution in [1.82, 2.24) is 9.55 Å². The van der Waals surface area contributed by atoms with E-state index < -0.39 is 0 Å². The Morgan fingerprint density at radius 1 is 1.25 bits per heavy atom. The van der Waals surface area contributed by atoms with E-state index in [4.69, 9.17) is 4.74 Å². The number of aromatic nitrogens is 2. The van der Waals surface area contributed by atoms with Gasteiger partial charge in [-0.15, -0.1) is 11.3 Å². The molecule has 3 aromatic rings. The molecule has 0 radical (unpaired) electrons. The van der Waals surface area contributed by atoms with Crippen molar-refractivity contribution < 1.29 is 9.53 Å². The monoisotopic (exact) mass is 416 g/mol. The Bertz CT molecular complexity index is 1040. The average molecular weight is 417 g/mol. The lowest BCUT2D eigenvalue weighted by Crippen LogP contribution is -2.36. The molecule has 1 aromatic carbocycles. The van der Waals surface area contributed by atoms with Gasteiger partial charge in [0, 0.05) is 31.5 Å². The minimum Gasteiger partial charge on any atom is -0.378 e. The Hall–Kier alpha value is -2.36. The summed E-state index contributed by atoms with van der Waals surface area (Å²) in [4.78, 5) is 32.1. The summed E-state index contributed by atoms with van der Waals surface area (Å²) < 4.78 is 6.86. The summed E-state index contributed by atoms with van der Waals surface area (Å²) in [6.45, 7) is 3.23. The van der Waals surface area contributed by atoms with Crippen LogP contribution in [0.4, 0.5) is 11.4 Å². The van der Waals surface area contributed by atoms with Crippen LogP contribution in [0, 0.1) is 0 Å². The smallest absolute Gasteiger partial charge is 0.262 e. The van der Waals surface area contributed by atoms with Crippen molar-refractivity contribution in [2.24, 2.45) is 7.05 Å². The maximum absolute atomic E-state index is 12.3. The zero-order valence-electron chi connectivity index (χ0n) is 15.4. The third-order valence-electron chi connectivity index (χ3n) is 4.52. The van der Waals surface area contributed by atoms with Crippen molar-refractivity contribution in [3.05, 3.63) is 46.1 Å². The number of benzene rings is 1. The second-order valence-electron chi connectivity index (χ2n) is 6.38. The van der Waals surface area contributed by atoms with E-state index in [1.165, 1.54) is 27.7 Å². The Morgan fingerprint density at radius 2 is 2.00 bits per heavy atom. The number of carbonyl (C=O) groups excluding carboxylic acids is 1. The molecule has 1 aliphatic heterocycles. The molecule has 7 nitrogen and oxygen atoms in total. The highest BCUT2D eigenvalue weighted by Gasteiger charge is 2.13. The average Bonchev–Trinajstić information content (AvgIpc) is 3.19. The minimum atomic E-state index is -0.135. The lowest BCUT2D eigenvalue weighted by atomic mass is 10.2. The van der Waals surface area contributed by atoms with Crippen LogP contribution in [0.3, 0.4) is 0 Å². The van der Waals surface area contributed by atoms with E-state index in [0.29, 0.717) is 15.4 Å². The Morgan fingerprint density at radius 3 is 2.75 bits per heavy atom. The number of ether oxygens (including phenoxy) is 1. The molecule has 1 fully saturated rings. The number of hydrogen-bond donors (Lipinski definition) is 1. The molecule has 1 N–H and O–H groups in total. The van der Waals surface area contributed by atoms with Crippen molar-refractivity contribution in [1.29, 1.82) is 0 Å². The van der Waals surface area contributed by atoms with Gasteiger partial charge in [0.15, 0.2) is 5.16 Å². The van der Waals surface area contributed by atoms with Crippen molar-refractivity contribution in [3.63, 3.8) is 0 Å². The van der Waals surface area contributed by atoms with Crippen LogP contribution < -0.4 is 15.8 Å². The molecule has 0 aliphatic carbocycles. The number of rotatable bonds is 5. The highest BCUT2D eigenvalue weighted by Crippen LogP contribution is 2.22. The number of carbonyl (C=O) groups is 1. The third-order valence-corrected chi connectivity index (χ3v) is 6.36. The largest absolute Gasteiger partial charge is 0.378 e. The maximum Gasteiger partial charge on any atom is 0.262 e. The fourth-order valence-corrected chi connectivity index (χ4v) is 4.59. The zero-order valence-corrected chi connectivity index (χ0v) is 17.0. The van der Waals surface area contributed by atoms with E-state index in [9.17, 15) is 9.59 Å². The van der Waals surface area contributed by atoms with E-state index in [-0.39, 0.29) is 17.2 Å². The van der Waals surface area contributed by atoms with Crippen LogP contribution in [0.25, 0.3) is 10.2 Å². The fraction of sp³-hybridized carbons (Fsp3) is 0.316. The van der Waals surface area contributed by atoms with Crippen LogP contribution in [-0.4, -0.2) is 47.5 Å². The van der Waals surface area contributed by atoms with Crippen molar-refractivity contribution in [2.45, 2.75) is 5.16 Å². The van der Waals surface area contributed by atoms with Crippen LogP contribution in [0.15, 0.2) is 45.7 Å². The molecule has 0 spiro atoms. The molecule has 0 saturated carbocycles. The number of nitrogens with one attached hydrogen (secondary N) is 1. The van der Waals surface area contributed by atoms with Crippen molar-refractivity contribution in [3.8, 4) is 0 Å². The molecular weight excluding hydrogens is 396 g/mol. The molecule has 146 valence electrons. The molecule has 0 bridgehead atoms. The van der Waals surface area contributed by atoms with Gasteiger partial charge in [0.25, 0.3) is 5.56 Å². The van der Waals surface area contributed by atoms with E-state index >= 15 is 0 Å². The van der Waals surface area contributed by atoms with E-state index in [2.05, 4.69) is 15.2 Å². The summed E-state index contributed by atoms with van der Waals surface area (Å²) in [5.41, 5.74) is 1.78. The summed E-state index contributed by atoms with van der Waals surface area (Å²) >= 11 is 2.68. The van der Waals surface area contributed by atoms with Gasteiger partial charge in [0.1, 0.15) is 4.83 Å². The molecule has 1 saturated heterocycles. The van der Waals surface area contributed by atoms with Crippen LogP contribution >= 0.6 is 23.1 Å². The summed E-state index contributed by atoms with van der Waals surface area (Å²) in [5, 5.41) is 5.89. The normalized spacial score (nSPS) is 14.4. The summed E-state index contributed by atoms with van der Waals surface area (Å²) in [6, 6.07) is 9.59. The van der Waals surface area contributed by atoms with Crippen LogP contribution in [0.5, 0.6) is 0 Å². The predicted octanol–water partition coefficient (Wildman–Crippen LogP) is 2.56. The number of morpholine rings is 1. The van der Waals surface area contributed by atoms with E-state index in [1.807, 2.05) is 29.6 Å². The van der Waals surface area contributed by atoms with Gasteiger partial charge in [0.2, 0.25) is 5.91 Å². The van der Waals surface area contributed by atoms with Crippen molar-refractivity contribution >= 4 is 50.6 Å². The van der Waals surface area contributed by atoms with Gasteiger partial charge in [-0.2, -0.15) is 0 Å². The van der Waals surface area contributed by atoms with Gasteiger partial charge >= 0.3 is 0 Å². The predicted molar refractivity (Wildman–Crippen MR) is 114 cm³/mol. The number of amides is 1. The zero-order chi connectivity index (χ0) is 19.5. The Kier molecular flexibility index (Phi) is 5.65. The summed E-state index contributed by atoms with van der Waals surface area (Å²) in [7, 11) is 1.68. The molecule has 0 unspecified atom stereocenters. The molecule has 28 heavy (non-hydrogen) atoms. The number of thioether (sulfide) groups is 1. The SMILES string of the molecule is Cn1c(SCC(=O)Nc2ccc(N3CCOCC3)cc2)nc2sccc2c1=O. The topological polar surface area (TPSA) is 76.5 Å². The van der Waals surface area contributed by atoms with Gasteiger partial charge < -0.3 is 15.0 Å². The molecule has 1 aliphatic rings. The Balaban J connectivity index is 1.37.